The van der Waals surface area contributed by atoms with Crippen molar-refractivity contribution in [2.24, 2.45) is 5.10 Å². The summed E-state index contributed by atoms with van der Waals surface area (Å²) in [6, 6.07) is 9.10. The molecular weight excluding hydrogens is 409 g/mol. The van der Waals surface area contributed by atoms with Crippen LogP contribution < -0.4 is 5.43 Å². The van der Waals surface area contributed by atoms with Crippen LogP contribution >= 0.6 is 27.3 Å². The zero-order valence-corrected chi connectivity index (χ0v) is 14.3. The third-order valence-electron chi connectivity index (χ3n) is 2.83. The lowest BCUT2D eigenvalue weighted by atomic mass is 10.1. The van der Waals surface area contributed by atoms with Crippen LogP contribution in [-0.4, -0.2) is 23.6 Å². The fourth-order valence-electron chi connectivity index (χ4n) is 1.69. The molecule has 0 aliphatic heterocycles. The number of benzene rings is 1. The third-order valence-corrected chi connectivity index (χ3v) is 4.23. The molecule has 0 atom stereocenters. The normalized spacial score (nSPS) is 12.1. The quantitative estimate of drug-likeness (QED) is 0.443. The van der Waals surface area contributed by atoms with Crippen molar-refractivity contribution in [3.05, 3.63) is 56.7 Å². The van der Waals surface area contributed by atoms with E-state index in [2.05, 4.69) is 21.0 Å². The Morgan fingerprint density at radius 2 is 1.96 bits per heavy atom. The summed E-state index contributed by atoms with van der Waals surface area (Å²) < 4.78 is 39.6. The van der Waals surface area contributed by atoms with E-state index in [1.807, 2.05) is 5.43 Å². The van der Waals surface area contributed by atoms with Crippen LogP contribution in [0.1, 0.15) is 26.5 Å². The van der Waals surface area contributed by atoms with Gasteiger partial charge in [-0.2, -0.15) is 18.3 Å². The number of halogens is 4. The van der Waals surface area contributed by atoms with Gasteiger partial charge in [0.1, 0.15) is 5.71 Å². The fraction of sp³-hybridized carbons (Fsp3) is 0.133. The standard InChI is InChI=1S/C15H10BrF3N2O2S/c16-10-4-1-3-9(7-10)14(23)21-20-13(15(17,18)19)8-11(22)12-5-2-6-24-12/h1-7H,8H2,(H,21,23). The monoisotopic (exact) mass is 418 g/mol. The average Bonchev–Trinajstić information content (AvgIpc) is 3.04. The van der Waals surface area contributed by atoms with E-state index < -0.39 is 30.0 Å². The van der Waals surface area contributed by atoms with Crippen LogP contribution in [0.4, 0.5) is 13.2 Å². The molecule has 0 saturated carbocycles. The highest BCUT2D eigenvalue weighted by atomic mass is 79.9. The van der Waals surface area contributed by atoms with Gasteiger partial charge in [-0.25, -0.2) is 5.43 Å². The molecule has 0 fully saturated rings. The Morgan fingerprint density at radius 1 is 1.21 bits per heavy atom. The molecule has 126 valence electrons. The number of Topliss-reactive ketones (excluding diaryl/α,β-unsaturated/α-hetero) is 1. The van der Waals surface area contributed by atoms with Crippen molar-refractivity contribution in [3.63, 3.8) is 0 Å². The molecule has 0 unspecified atom stereocenters. The Hall–Kier alpha value is -2.00. The van der Waals surface area contributed by atoms with Gasteiger partial charge in [0.25, 0.3) is 5.91 Å². The summed E-state index contributed by atoms with van der Waals surface area (Å²) in [6.07, 6.45) is -5.76. The van der Waals surface area contributed by atoms with Gasteiger partial charge in [0.2, 0.25) is 0 Å². The molecule has 0 bridgehead atoms. The van der Waals surface area contributed by atoms with Gasteiger partial charge in [0, 0.05) is 10.0 Å². The number of amides is 1. The number of carbonyl (C=O) groups excluding carboxylic acids is 2. The van der Waals surface area contributed by atoms with Gasteiger partial charge in [-0.05, 0) is 29.6 Å². The number of ketones is 1. The average molecular weight is 419 g/mol. The second-order valence-electron chi connectivity index (χ2n) is 4.58. The summed E-state index contributed by atoms with van der Waals surface area (Å²) in [7, 11) is 0. The summed E-state index contributed by atoms with van der Waals surface area (Å²) in [5, 5.41) is 4.70. The lowest BCUT2D eigenvalue weighted by Crippen LogP contribution is -2.30. The largest absolute Gasteiger partial charge is 0.431 e. The molecule has 1 amide bonds. The second kappa shape index (κ2) is 7.71. The molecule has 0 saturated heterocycles. The lowest BCUT2D eigenvalue weighted by molar-refractivity contribution is -0.0605. The van der Waals surface area contributed by atoms with Crippen LogP contribution in [0.2, 0.25) is 0 Å². The molecule has 24 heavy (non-hydrogen) atoms. The van der Waals surface area contributed by atoms with E-state index in [9.17, 15) is 22.8 Å². The van der Waals surface area contributed by atoms with Crippen molar-refractivity contribution < 1.29 is 22.8 Å². The first kappa shape index (κ1) is 18.3. The van der Waals surface area contributed by atoms with Crippen molar-refractivity contribution in [2.75, 3.05) is 0 Å². The molecule has 9 heteroatoms. The Bertz CT molecular complexity index is 773. The number of hydrazone groups is 1. The maximum atomic E-state index is 13.0. The van der Waals surface area contributed by atoms with Crippen LogP contribution in [0.25, 0.3) is 0 Å². The first-order valence-electron chi connectivity index (χ1n) is 6.54. The molecule has 4 nitrogen and oxygen atoms in total. The number of carbonyl (C=O) groups is 2. The van der Waals surface area contributed by atoms with Gasteiger partial charge in [-0.1, -0.05) is 28.1 Å². The summed E-state index contributed by atoms with van der Waals surface area (Å²) in [5.41, 5.74) is 0.624. The van der Waals surface area contributed by atoms with Crippen LogP contribution in [-0.2, 0) is 0 Å². The van der Waals surface area contributed by atoms with Gasteiger partial charge >= 0.3 is 6.18 Å². The molecule has 2 rings (SSSR count). The number of nitrogens with zero attached hydrogens (tertiary/aromatic N) is 1. The van der Waals surface area contributed by atoms with E-state index in [4.69, 9.17) is 0 Å². The number of nitrogens with one attached hydrogen (secondary N) is 1. The number of alkyl halides is 3. The minimum Gasteiger partial charge on any atom is -0.293 e. The van der Waals surface area contributed by atoms with Crippen LogP contribution in [0.15, 0.2) is 51.4 Å². The Labute approximate surface area is 147 Å². The molecule has 0 aliphatic carbocycles. The predicted octanol–water partition coefficient (Wildman–Crippen LogP) is 4.43. The molecule has 1 heterocycles. The van der Waals surface area contributed by atoms with Gasteiger partial charge in [0.15, 0.2) is 5.78 Å². The Morgan fingerprint density at radius 3 is 2.54 bits per heavy atom. The van der Waals surface area contributed by atoms with E-state index in [1.54, 1.807) is 23.6 Å². The minimum absolute atomic E-state index is 0.138. The Balaban J connectivity index is 2.14. The summed E-state index contributed by atoms with van der Waals surface area (Å²) in [6.45, 7) is 0. The molecule has 2 aromatic rings. The van der Waals surface area contributed by atoms with Gasteiger partial charge in [0.05, 0.1) is 11.3 Å². The number of rotatable bonds is 5. The van der Waals surface area contributed by atoms with E-state index >= 15 is 0 Å². The van der Waals surface area contributed by atoms with Gasteiger partial charge in [-0.15, -0.1) is 11.3 Å². The molecule has 0 radical (unpaired) electrons. The van der Waals surface area contributed by atoms with Crippen molar-refractivity contribution in [1.82, 2.24) is 5.43 Å². The third kappa shape index (κ3) is 5.00. The van der Waals surface area contributed by atoms with E-state index in [1.165, 1.54) is 18.2 Å². The van der Waals surface area contributed by atoms with Crippen molar-refractivity contribution in [1.29, 1.82) is 0 Å². The topological polar surface area (TPSA) is 58.5 Å². The SMILES string of the molecule is O=C(NN=C(CC(=O)c1cccs1)C(F)(F)F)c1cccc(Br)c1. The van der Waals surface area contributed by atoms with E-state index in [0.29, 0.717) is 4.47 Å². The van der Waals surface area contributed by atoms with Crippen molar-refractivity contribution >= 4 is 44.7 Å². The van der Waals surface area contributed by atoms with E-state index in [0.717, 1.165) is 11.3 Å². The maximum absolute atomic E-state index is 13.0. The molecule has 1 N–H and O–H groups in total. The fourth-order valence-corrected chi connectivity index (χ4v) is 2.76. The molecule has 1 aromatic carbocycles. The number of hydrogen-bond donors (Lipinski definition) is 1. The first-order valence-corrected chi connectivity index (χ1v) is 8.21. The minimum atomic E-state index is -4.82. The first-order chi connectivity index (χ1) is 11.3. The maximum Gasteiger partial charge on any atom is 0.431 e. The predicted molar refractivity (Wildman–Crippen MR) is 88.4 cm³/mol. The zero-order valence-electron chi connectivity index (χ0n) is 11.9. The molecule has 0 spiro atoms. The van der Waals surface area contributed by atoms with Crippen LogP contribution in [0, 0.1) is 0 Å². The Kier molecular flexibility index (Phi) is 5.89. The number of thiophene rings is 1. The van der Waals surface area contributed by atoms with Gasteiger partial charge < -0.3 is 0 Å². The highest BCUT2D eigenvalue weighted by molar-refractivity contribution is 9.10. The van der Waals surface area contributed by atoms with Crippen molar-refractivity contribution in [2.45, 2.75) is 12.6 Å². The summed E-state index contributed by atoms with van der Waals surface area (Å²) in [4.78, 5) is 23.9. The molecule has 1 aromatic heterocycles. The zero-order chi connectivity index (χ0) is 17.7. The van der Waals surface area contributed by atoms with Crippen molar-refractivity contribution in [3.8, 4) is 0 Å². The van der Waals surface area contributed by atoms with E-state index in [-0.39, 0.29) is 10.4 Å². The van der Waals surface area contributed by atoms with Crippen LogP contribution in [0.5, 0.6) is 0 Å². The number of hydrogen-bond acceptors (Lipinski definition) is 4. The smallest absolute Gasteiger partial charge is 0.293 e. The molecular formula is C15H10BrF3N2O2S. The second-order valence-corrected chi connectivity index (χ2v) is 6.45. The highest BCUT2D eigenvalue weighted by Gasteiger charge is 2.37. The summed E-state index contributed by atoms with van der Waals surface area (Å²) in [5.74, 6) is -1.51. The van der Waals surface area contributed by atoms with Gasteiger partial charge in [-0.3, -0.25) is 9.59 Å². The summed E-state index contributed by atoms with van der Waals surface area (Å²) >= 11 is 4.20. The highest BCUT2D eigenvalue weighted by Crippen LogP contribution is 2.22. The lowest BCUT2D eigenvalue weighted by Gasteiger charge is -2.10. The molecule has 0 aliphatic rings. The van der Waals surface area contributed by atoms with Crippen LogP contribution in [0.3, 0.4) is 0 Å².